The minimum absolute atomic E-state index is 0.250. The maximum absolute atomic E-state index is 12.2. The van der Waals surface area contributed by atoms with E-state index in [1.165, 1.54) is 6.34 Å². The van der Waals surface area contributed by atoms with Crippen molar-refractivity contribution in [2.75, 3.05) is 19.7 Å². The Hall–Kier alpha value is -2.35. The lowest BCUT2D eigenvalue weighted by atomic mass is 10.2. The summed E-state index contributed by atoms with van der Waals surface area (Å²) in [6.07, 6.45) is 0.680. The Kier molecular flexibility index (Phi) is 5.05. The first-order chi connectivity index (χ1) is 10.8. The fourth-order valence-corrected chi connectivity index (χ4v) is 2.25. The number of aromatic amines is 1. The highest BCUT2D eigenvalue weighted by atomic mass is 16.6. The van der Waals surface area contributed by atoms with Gasteiger partial charge in [-0.1, -0.05) is 0 Å². The van der Waals surface area contributed by atoms with Gasteiger partial charge in [-0.25, -0.2) is 4.79 Å². The maximum Gasteiger partial charge on any atom is 0.410 e. The van der Waals surface area contributed by atoms with E-state index in [0.717, 1.165) is 5.69 Å². The first-order valence-electron chi connectivity index (χ1n) is 7.51. The van der Waals surface area contributed by atoms with Crippen LogP contribution < -0.4 is 16.1 Å². The summed E-state index contributed by atoms with van der Waals surface area (Å²) < 4.78 is 11.1. The number of amides is 1. The number of nitrogen functional groups attached to an aromatic ring is 1. The smallest absolute Gasteiger partial charge is 0.410 e. The molecule has 0 bridgehead atoms. The van der Waals surface area contributed by atoms with Crippen molar-refractivity contribution in [2.45, 2.75) is 32.5 Å². The molecule has 1 aromatic rings. The fourth-order valence-electron chi connectivity index (χ4n) is 2.25. The number of nitrogens with two attached hydrogens (primary N) is 2. The van der Waals surface area contributed by atoms with Gasteiger partial charge in [0.15, 0.2) is 0 Å². The first kappa shape index (κ1) is 17.0. The van der Waals surface area contributed by atoms with Gasteiger partial charge in [0.1, 0.15) is 17.4 Å². The van der Waals surface area contributed by atoms with Crippen LogP contribution in [0.4, 0.5) is 4.79 Å². The summed E-state index contributed by atoms with van der Waals surface area (Å²) in [6, 6.07) is 3.71. The van der Waals surface area contributed by atoms with E-state index in [1.54, 1.807) is 4.90 Å². The van der Waals surface area contributed by atoms with Crippen molar-refractivity contribution in [2.24, 2.45) is 5.73 Å². The second kappa shape index (κ2) is 6.82. The number of carbonyl (C=O) groups is 1. The van der Waals surface area contributed by atoms with Gasteiger partial charge in [-0.05, 0) is 32.9 Å². The molecule has 1 amide bonds. The molecule has 1 fully saturated rings. The van der Waals surface area contributed by atoms with Crippen LogP contribution in [0.25, 0.3) is 0 Å². The number of rotatable bonds is 3. The van der Waals surface area contributed by atoms with Crippen molar-refractivity contribution in [3.05, 3.63) is 23.5 Å². The number of nitrogens with zero attached hydrogens (tertiary/aromatic N) is 1. The van der Waals surface area contributed by atoms with E-state index in [4.69, 9.17) is 20.6 Å². The van der Waals surface area contributed by atoms with E-state index in [1.807, 2.05) is 32.9 Å². The zero-order valence-corrected chi connectivity index (χ0v) is 13.8. The Labute approximate surface area is 135 Å². The normalized spacial score (nSPS) is 19.5. The molecule has 0 radical (unpaired) electrons. The lowest BCUT2D eigenvalue weighted by Gasteiger charge is -2.33. The van der Waals surface area contributed by atoms with Gasteiger partial charge in [0.25, 0.3) is 6.34 Å². The molecule has 2 rings (SSSR count). The summed E-state index contributed by atoms with van der Waals surface area (Å²) in [4.78, 5) is 19.7. The Morgan fingerprint density at radius 1 is 1.57 bits per heavy atom. The number of amidine groups is 1. The second-order valence-corrected chi connectivity index (χ2v) is 6.34. The summed E-state index contributed by atoms with van der Waals surface area (Å²) >= 11 is 0. The summed E-state index contributed by atoms with van der Waals surface area (Å²) in [7, 11) is 0. The Balaban J connectivity index is 2.05. The molecule has 23 heavy (non-hydrogen) atoms. The van der Waals surface area contributed by atoms with Crippen molar-refractivity contribution in [1.29, 1.82) is 0 Å². The number of ether oxygens (including phenoxy) is 2. The summed E-state index contributed by atoms with van der Waals surface area (Å²) in [6.45, 7) is 6.93. The minimum Gasteiger partial charge on any atom is -0.444 e. The lowest BCUT2D eigenvalue weighted by molar-refractivity contribution is -0.358. The monoisotopic (exact) mass is 323 g/mol. The van der Waals surface area contributed by atoms with Gasteiger partial charge in [-0.2, -0.15) is 4.99 Å². The fraction of sp³-hybridized carbons (Fsp3) is 0.533. The molecule has 0 aliphatic carbocycles. The number of aromatic nitrogens is 1. The van der Waals surface area contributed by atoms with Crippen LogP contribution in [-0.2, 0) is 9.47 Å². The van der Waals surface area contributed by atoms with Gasteiger partial charge < -0.3 is 19.4 Å². The Bertz CT molecular complexity index is 602. The Morgan fingerprint density at radius 3 is 2.96 bits per heavy atom. The van der Waals surface area contributed by atoms with Crippen molar-refractivity contribution in [3.8, 4) is 0 Å². The molecular formula is C15H25N5O3+2. The molecule has 6 N–H and O–H groups in total. The van der Waals surface area contributed by atoms with E-state index in [0.29, 0.717) is 31.2 Å². The quantitative estimate of drug-likeness (QED) is 0.376. The van der Waals surface area contributed by atoms with Crippen LogP contribution in [0.5, 0.6) is 0 Å². The number of carbonyl (C=O) groups excluding carboxylic acids is 1. The maximum atomic E-state index is 12.2. The molecule has 1 aliphatic heterocycles. The van der Waals surface area contributed by atoms with Crippen LogP contribution in [0.1, 0.15) is 38.3 Å². The van der Waals surface area contributed by atoms with Gasteiger partial charge in [-0.15, -0.1) is 0 Å². The molecular weight excluding hydrogens is 298 g/mol. The highest BCUT2D eigenvalue weighted by Crippen LogP contribution is 2.23. The highest BCUT2D eigenvalue weighted by molar-refractivity contribution is 5.92. The molecule has 0 spiro atoms. The molecule has 1 unspecified atom stereocenters. The average Bonchev–Trinajstić information content (AvgIpc) is 2.96. The van der Waals surface area contributed by atoms with Crippen LogP contribution in [0, 0.1) is 0 Å². The van der Waals surface area contributed by atoms with Crippen LogP contribution in [0.3, 0.4) is 0 Å². The number of nitrogens with one attached hydrogen (secondary N) is 2. The van der Waals surface area contributed by atoms with Crippen molar-refractivity contribution < 1.29 is 24.7 Å². The topological polar surface area (TPSA) is 120 Å². The van der Waals surface area contributed by atoms with E-state index < -0.39 is 5.60 Å². The van der Waals surface area contributed by atoms with Crippen molar-refractivity contribution in [1.82, 2.24) is 9.88 Å². The average molecular weight is 323 g/mol. The predicted molar refractivity (Wildman–Crippen MR) is 84.5 cm³/mol. The Morgan fingerprint density at radius 2 is 2.30 bits per heavy atom. The molecule has 2 heterocycles. The molecule has 1 saturated heterocycles. The standard InChI is InChI=1S/C15H23N5O3/c1-15(2,3)23-14(21)20-6-7-22-12(8-20)10-4-5-11(19-10)13(17)18-9-16/h4-5,9,12,19H,6-8H2,1-3H3,(H3,16,17,18)/p+2. The predicted octanol–water partition coefficient (Wildman–Crippen LogP) is -2.10. The van der Waals surface area contributed by atoms with Crippen molar-refractivity contribution in [3.63, 3.8) is 0 Å². The largest absolute Gasteiger partial charge is 0.444 e. The molecule has 1 atom stereocenters. The number of hydrogen-bond donors (Lipinski definition) is 4. The van der Waals surface area contributed by atoms with Gasteiger partial charge in [0.2, 0.25) is 0 Å². The first-order valence-corrected chi connectivity index (χ1v) is 7.51. The van der Waals surface area contributed by atoms with Gasteiger partial charge in [0, 0.05) is 12.2 Å². The number of morpholine rings is 1. The number of H-pyrrole nitrogens is 1. The molecule has 126 valence electrons. The van der Waals surface area contributed by atoms with E-state index >= 15 is 0 Å². The minimum atomic E-state index is -0.516. The molecule has 0 aromatic carbocycles. The summed E-state index contributed by atoms with van der Waals surface area (Å²) in [5, 5.41) is 5.28. The van der Waals surface area contributed by atoms with E-state index in [-0.39, 0.29) is 12.2 Å². The van der Waals surface area contributed by atoms with Crippen LogP contribution in [0.2, 0.25) is 0 Å². The SMILES string of the molecule is CC(C)(C)OC(=O)N1CCOC(c2ccc(C(N)=[NH+]C=[NH2+])[nH]2)C1. The highest BCUT2D eigenvalue weighted by Gasteiger charge is 2.29. The van der Waals surface area contributed by atoms with E-state index in [2.05, 4.69) is 9.98 Å². The van der Waals surface area contributed by atoms with Crippen LogP contribution >= 0.6 is 0 Å². The molecule has 8 nitrogen and oxygen atoms in total. The summed E-state index contributed by atoms with van der Waals surface area (Å²) in [5.41, 5.74) is 6.87. The van der Waals surface area contributed by atoms with Crippen LogP contribution in [-0.4, -0.2) is 53.4 Å². The molecule has 1 aliphatic rings. The lowest BCUT2D eigenvalue weighted by Crippen LogP contribution is -2.79. The number of hydrogen-bond acceptors (Lipinski definition) is 3. The third-order valence-electron chi connectivity index (χ3n) is 3.30. The third kappa shape index (κ3) is 4.56. The van der Waals surface area contributed by atoms with Gasteiger partial charge in [0.05, 0.1) is 13.2 Å². The second-order valence-electron chi connectivity index (χ2n) is 6.34. The van der Waals surface area contributed by atoms with Gasteiger partial charge >= 0.3 is 11.9 Å². The zero-order chi connectivity index (χ0) is 17.0. The molecule has 8 heteroatoms. The van der Waals surface area contributed by atoms with Crippen molar-refractivity contribution >= 4 is 18.3 Å². The van der Waals surface area contributed by atoms with E-state index in [9.17, 15) is 4.79 Å². The van der Waals surface area contributed by atoms with Crippen LogP contribution in [0.15, 0.2) is 12.1 Å². The zero-order valence-electron chi connectivity index (χ0n) is 13.8. The van der Waals surface area contributed by atoms with Gasteiger partial charge in [-0.3, -0.25) is 11.1 Å². The molecule has 1 aromatic heterocycles. The molecule has 0 saturated carbocycles. The summed E-state index contributed by atoms with van der Waals surface area (Å²) in [5.74, 6) is 0.415. The third-order valence-corrected chi connectivity index (χ3v) is 3.30.